The molecule has 0 amide bonds. The van der Waals surface area contributed by atoms with Gasteiger partial charge in [0.1, 0.15) is 0 Å². The van der Waals surface area contributed by atoms with Crippen LogP contribution in [-0.2, 0) is 26.6 Å². The molecule has 158 valence electrons. The van der Waals surface area contributed by atoms with E-state index in [9.17, 15) is 13.2 Å². The lowest BCUT2D eigenvalue weighted by Crippen LogP contribution is -2.83. The maximum atomic E-state index is 16.3. The van der Waals surface area contributed by atoms with Crippen molar-refractivity contribution in [2.45, 2.75) is 52.6 Å². The van der Waals surface area contributed by atoms with Gasteiger partial charge in [0, 0.05) is 39.6 Å². The quantitative estimate of drug-likeness (QED) is 0.313. The Bertz CT molecular complexity index is 340. The highest BCUT2D eigenvalue weighted by molar-refractivity contribution is 6.85. The van der Waals surface area contributed by atoms with Gasteiger partial charge in [-0.3, -0.25) is 0 Å². The zero-order valence-corrected chi connectivity index (χ0v) is 18.2. The van der Waals surface area contributed by atoms with E-state index in [-0.39, 0.29) is 39.6 Å². The highest BCUT2D eigenvalue weighted by Crippen LogP contribution is 2.49. The van der Waals surface area contributed by atoms with Crippen LogP contribution in [-0.4, -0.2) is 68.3 Å². The van der Waals surface area contributed by atoms with Crippen LogP contribution in [0.1, 0.15) is 41.5 Å². The fourth-order valence-electron chi connectivity index (χ4n) is 2.52. The molecule has 0 aromatic carbocycles. The molecule has 6 nitrogen and oxygen atoms in total. The number of hydrogen-bond donors (Lipinski definition) is 0. The van der Waals surface area contributed by atoms with Gasteiger partial charge in [0.15, 0.2) is 0 Å². The third-order valence-corrected chi connectivity index (χ3v) is 11.3. The Morgan fingerprint density at radius 1 is 0.500 bits per heavy atom. The summed E-state index contributed by atoms with van der Waals surface area (Å²) in [7, 11) is -10.1. The molecule has 0 aliphatic rings. The van der Waals surface area contributed by atoms with Gasteiger partial charge >= 0.3 is 28.7 Å². The van der Waals surface area contributed by atoms with Gasteiger partial charge in [-0.25, -0.2) is 4.39 Å². The van der Waals surface area contributed by atoms with E-state index in [2.05, 4.69) is 0 Å². The van der Waals surface area contributed by atoms with Gasteiger partial charge in [-0.1, -0.05) is 0 Å². The molecule has 0 atom stereocenters. The second-order valence-corrected chi connectivity index (χ2v) is 10.7. The summed E-state index contributed by atoms with van der Waals surface area (Å²) in [5.74, 6) is 0. The van der Waals surface area contributed by atoms with Crippen LogP contribution in [0.25, 0.3) is 0 Å². The third-order valence-electron chi connectivity index (χ3n) is 3.24. The van der Waals surface area contributed by atoms with Gasteiger partial charge in [-0.05, 0) is 41.5 Å². The molecule has 0 saturated heterocycles. The van der Waals surface area contributed by atoms with Crippen LogP contribution < -0.4 is 0 Å². The Hall–Kier alpha value is -0.0862. The number of halogens is 4. The minimum Gasteiger partial charge on any atom is -0.372 e. The lowest BCUT2D eigenvalue weighted by atomic mass is 10.7. The van der Waals surface area contributed by atoms with E-state index in [0.29, 0.717) is 0 Å². The first-order valence-electron chi connectivity index (χ1n) is 8.71. The van der Waals surface area contributed by atoms with E-state index in [1.54, 1.807) is 0 Å². The molecule has 0 rings (SSSR count). The Labute approximate surface area is 154 Å². The van der Waals surface area contributed by atoms with Crippen LogP contribution in [0.3, 0.4) is 0 Å². The summed E-state index contributed by atoms with van der Waals surface area (Å²) in [6.07, 6.45) is -5.47. The molecule has 0 radical (unpaired) electrons. The van der Waals surface area contributed by atoms with Gasteiger partial charge in [0.2, 0.25) is 0 Å². The average molecular weight is 427 g/mol. The average Bonchev–Trinajstić information content (AvgIpc) is 2.54. The predicted molar refractivity (Wildman–Crippen MR) is 91.2 cm³/mol. The zero-order chi connectivity index (χ0) is 20.5. The van der Waals surface area contributed by atoms with E-state index < -0.39 is 28.7 Å². The van der Waals surface area contributed by atoms with Crippen molar-refractivity contribution in [2.75, 3.05) is 39.6 Å². The standard InChI is InChI=1S/C14H30F4O6Si2/c1-7-19-25(20-8-2,21-9-3)14(18,13(15,16)17)26(22-10-4,23-11-5)24-12-6/h7-12H2,1-6H3. The van der Waals surface area contributed by atoms with Crippen molar-refractivity contribution in [1.82, 2.24) is 0 Å². The van der Waals surface area contributed by atoms with Crippen LogP contribution in [0.5, 0.6) is 0 Å². The fourth-order valence-corrected chi connectivity index (χ4v) is 9.99. The van der Waals surface area contributed by atoms with E-state index in [1.165, 1.54) is 41.5 Å². The second-order valence-electron chi connectivity index (χ2n) is 4.87. The summed E-state index contributed by atoms with van der Waals surface area (Å²) in [5.41, 5.74) is 0. The SMILES string of the molecule is CCO[Si](OCC)(OCC)C(F)(C(F)(F)F)[Si](OCC)(OCC)OCC. The maximum absolute atomic E-state index is 16.3. The molecule has 0 spiro atoms. The normalized spacial score (nSPS) is 14.1. The Balaban J connectivity index is 6.83. The van der Waals surface area contributed by atoms with Crippen LogP contribution in [0.2, 0.25) is 0 Å². The molecule has 0 bridgehead atoms. The van der Waals surface area contributed by atoms with Crippen molar-refractivity contribution in [3.05, 3.63) is 0 Å². The first-order chi connectivity index (χ1) is 12.1. The monoisotopic (exact) mass is 426 g/mol. The third kappa shape index (κ3) is 4.84. The van der Waals surface area contributed by atoms with Crippen LogP contribution in [0.4, 0.5) is 17.6 Å². The Morgan fingerprint density at radius 3 is 0.808 bits per heavy atom. The molecule has 0 fully saturated rings. The summed E-state index contributed by atoms with van der Waals surface area (Å²) < 4.78 is 90.5. The van der Waals surface area contributed by atoms with Crippen molar-refractivity contribution >= 4 is 17.6 Å². The van der Waals surface area contributed by atoms with Gasteiger partial charge in [0.25, 0.3) is 0 Å². The highest BCUT2D eigenvalue weighted by Gasteiger charge is 2.90. The van der Waals surface area contributed by atoms with Crippen molar-refractivity contribution in [3.63, 3.8) is 0 Å². The van der Waals surface area contributed by atoms with E-state index in [0.717, 1.165) is 0 Å². The minimum absolute atomic E-state index is 0.247. The smallest absolute Gasteiger partial charge is 0.372 e. The van der Waals surface area contributed by atoms with Crippen LogP contribution in [0.15, 0.2) is 0 Å². The number of alkyl halides is 4. The summed E-state index contributed by atoms with van der Waals surface area (Å²) in [4.78, 5) is -4.18. The molecule has 0 N–H and O–H groups in total. The molecule has 12 heteroatoms. The van der Waals surface area contributed by atoms with E-state index >= 15 is 4.39 Å². The number of rotatable bonds is 14. The summed E-state index contributed by atoms with van der Waals surface area (Å²) in [5, 5.41) is 0. The lowest BCUT2D eigenvalue weighted by Gasteiger charge is -2.46. The molecule has 0 aromatic heterocycles. The molecule has 0 aliphatic heterocycles. The van der Waals surface area contributed by atoms with E-state index in [4.69, 9.17) is 26.6 Å². The molecule has 0 saturated carbocycles. The Kier molecular flexibility index (Phi) is 11.0. The fraction of sp³-hybridized carbons (Fsp3) is 1.00. The van der Waals surface area contributed by atoms with Gasteiger partial charge in [-0.2, -0.15) is 13.2 Å². The molecule has 0 aliphatic carbocycles. The lowest BCUT2D eigenvalue weighted by molar-refractivity contribution is -0.216. The van der Waals surface area contributed by atoms with Crippen molar-refractivity contribution in [1.29, 1.82) is 0 Å². The summed E-state index contributed by atoms with van der Waals surface area (Å²) in [6.45, 7) is 7.11. The van der Waals surface area contributed by atoms with Crippen LogP contribution in [0, 0.1) is 0 Å². The summed E-state index contributed by atoms with van der Waals surface area (Å²) in [6, 6.07) is 0. The van der Waals surface area contributed by atoms with Crippen molar-refractivity contribution < 1.29 is 44.1 Å². The summed E-state index contributed by atoms with van der Waals surface area (Å²) >= 11 is 0. The van der Waals surface area contributed by atoms with Gasteiger partial charge in [0.05, 0.1) is 0 Å². The maximum Gasteiger partial charge on any atom is 0.555 e. The largest absolute Gasteiger partial charge is 0.555 e. The van der Waals surface area contributed by atoms with Crippen molar-refractivity contribution in [3.8, 4) is 0 Å². The molecular formula is C14H30F4O6Si2. The molecular weight excluding hydrogens is 396 g/mol. The first-order valence-corrected chi connectivity index (χ1v) is 12.2. The van der Waals surface area contributed by atoms with Gasteiger partial charge < -0.3 is 26.6 Å². The first kappa shape index (κ1) is 25.9. The van der Waals surface area contributed by atoms with Crippen molar-refractivity contribution in [2.24, 2.45) is 0 Å². The second kappa shape index (κ2) is 11.0. The number of hydrogen-bond acceptors (Lipinski definition) is 6. The molecule has 26 heavy (non-hydrogen) atoms. The minimum atomic E-state index is -5.47. The predicted octanol–water partition coefficient (Wildman–Crippen LogP) is 3.43. The zero-order valence-electron chi connectivity index (χ0n) is 16.2. The molecule has 0 aromatic rings. The molecule has 0 heterocycles. The highest BCUT2D eigenvalue weighted by atomic mass is 28.5. The van der Waals surface area contributed by atoms with Crippen LogP contribution >= 0.6 is 0 Å². The Morgan fingerprint density at radius 2 is 0.692 bits per heavy atom. The van der Waals surface area contributed by atoms with Gasteiger partial charge in [-0.15, -0.1) is 0 Å². The topological polar surface area (TPSA) is 55.4 Å². The van der Waals surface area contributed by atoms with E-state index in [1.807, 2.05) is 0 Å². The molecule has 0 unspecified atom stereocenters.